The first kappa shape index (κ1) is 34.9. The number of anilines is 1. The van der Waals surface area contributed by atoms with Gasteiger partial charge in [0.15, 0.2) is 27.3 Å². The van der Waals surface area contributed by atoms with Crippen molar-refractivity contribution in [2.45, 2.75) is 49.2 Å². The normalized spacial score (nSPS) is 16.7. The Bertz CT molecular complexity index is 1900. The summed E-state index contributed by atoms with van der Waals surface area (Å²) >= 11 is 15.0. The van der Waals surface area contributed by atoms with E-state index in [4.69, 9.17) is 42.1 Å². The summed E-state index contributed by atoms with van der Waals surface area (Å²) in [5, 5.41) is 21.6. The van der Waals surface area contributed by atoms with Crippen molar-refractivity contribution in [3.63, 3.8) is 0 Å². The Hall–Kier alpha value is -3.97. The molecule has 0 saturated carbocycles. The average molecular weight is 743 g/mol. The maximum absolute atomic E-state index is 13.8. The number of fused-ring (bicyclic) bond motifs is 1. The van der Waals surface area contributed by atoms with Crippen molar-refractivity contribution in [2.75, 3.05) is 31.3 Å². The third-order valence-corrected chi connectivity index (χ3v) is 10.5. The molecule has 0 bridgehead atoms. The molecule has 0 radical (unpaired) electrons. The van der Waals surface area contributed by atoms with E-state index < -0.39 is 17.7 Å². The lowest BCUT2D eigenvalue weighted by atomic mass is 9.95. The van der Waals surface area contributed by atoms with E-state index in [1.54, 1.807) is 48.5 Å². The number of thioether (sulfide) groups is 1. The van der Waals surface area contributed by atoms with E-state index >= 15 is 0 Å². The Morgan fingerprint density at radius 3 is 2.57 bits per heavy atom. The van der Waals surface area contributed by atoms with Crippen LogP contribution in [0.1, 0.15) is 55.8 Å². The van der Waals surface area contributed by atoms with E-state index in [9.17, 15) is 14.7 Å². The molecule has 3 heterocycles. The Balaban J connectivity index is 1.40. The van der Waals surface area contributed by atoms with E-state index in [0.29, 0.717) is 80.7 Å². The Labute approximate surface area is 301 Å². The number of aromatic nitrogens is 2. The summed E-state index contributed by atoms with van der Waals surface area (Å²) < 4.78 is 23.9. The van der Waals surface area contributed by atoms with Crippen molar-refractivity contribution in [3.05, 3.63) is 86.9 Å². The fraction of sp³-hybridized carbons (Fsp3) is 0.314. The minimum atomic E-state index is -1.06. The minimum absolute atomic E-state index is 0.113. The molecule has 1 aromatic heterocycles. The predicted octanol–water partition coefficient (Wildman–Crippen LogP) is 8.50. The molecule has 1 N–H and O–H groups in total. The maximum Gasteiger partial charge on any atom is 0.301 e. The number of nitrogens with zero attached hydrogens (tertiary/aromatic N) is 3. The van der Waals surface area contributed by atoms with E-state index in [-0.39, 0.29) is 16.5 Å². The van der Waals surface area contributed by atoms with Crippen LogP contribution in [0.25, 0.3) is 5.76 Å². The van der Waals surface area contributed by atoms with Gasteiger partial charge >= 0.3 is 5.91 Å². The monoisotopic (exact) mass is 741 g/mol. The number of hydrogen-bond acceptors (Lipinski definition) is 11. The number of carbonyl (C=O) groups is 2. The highest BCUT2D eigenvalue weighted by Crippen LogP contribution is 2.46. The molecule has 1 saturated heterocycles. The average Bonchev–Trinajstić information content (AvgIpc) is 3.67. The standard InChI is InChI=1S/C35H33Cl2N3O7S2/c1-3-5-6-13-45-25-11-8-20(16-27(25)44-4-2)30-29(31(41)21-9-12-26-28(17-21)47-15-14-46-26)32(42)33(43)40(30)34-38-39-35(49-34)48-19-22-7-10-23(36)18-24(22)37/h7-12,16-18,30,41H,3-6,13-15,19H2,1-2H3/b31-29+. The second kappa shape index (κ2) is 15.7. The van der Waals surface area contributed by atoms with Gasteiger partial charge in [-0.15, -0.1) is 10.2 Å². The number of unbranched alkanes of at least 4 members (excludes halogenated alkanes) is 2. The number of carbonyl (C=O) groups excluding carboxylic acids is 2. The lowest BCUT2D eigenvalue weighted by Crippen LogP contribution is -2.29. The molecule has 1 unspecified atom stereocenters. The number of benzene rings is 3. The molecule has 1 amide bonds. The summed E-state index contributed by atoms with van der Waals surface area (Å²) in [5.41, 5.74) is 1.55. The zero-order valence-corrected chi connectivity index (χ0v) is 29.9. The maximum atomic E-state index is 13.8. The molecule has 14 heteroatoms. The van der Waals surface area contributed by atoms with Crippen LogP contribution in [0.5, 0.6) is 23.0 Å². The van der Waals surface area contributed by atoms with Crippen LogP contribution in [-0.2, 0) is 15.3 Å². The van der Waals surface area contributed by atoms with Gasteiger partial charge in [0.25, 0.3) is 5.78 Å². The fourth-order valence-electron chi connectivity index (χ4n) is 5.44. The van der Waals surface area contributed by atoms with Crippen molar-refractivity contribution in [2.24, 2.45) is 0 Å². The first-order chi connectivity index (χ1) is 23.8. The van der Waals surface area contributed by atoms with Gasteiger partial charge in [-0.1, -0.05) is 78.2 Å². The largest absolute Gasteiger partial charge is 0.507 e. The molecule has 0 spiro atoms. The highest BCUT2D eigenvalue weighted by atomic mass is 35.5. The van der Waals surface area contributed by atoms with Crippen molar-refractivity contribution >= 4 is 68.9 Å². The van der Waals surface area contributed by atoms with Crippen LogP contribution in [0.15, 0.2) is 64.5 Å². The second-order valence-corrected chi connectivity index (χ2v) is 14.1. The van der Waals surface area contributed by atoms with Gasteiger partial charge in [0.05, 0.1) is 24.8 Å². The van der Waals surface area contributed by atoms with Gasteiger partial charge in [0, 0.05) is 21.4 Å². The number of hydrogen-bond donors (Lipinski definition) is 1. The highest BCUT2D eigenvalue weighted by molar-refractivity contribution is 8.00. The van der Waals surface area contributed by atoms with E-state index in [1.807, 2.05) is 13.0 Å². The summed E-state index contributed by atoms with van der Waals surface area (Å²) in [7, 11) is 0. The van der Waals surface area contributed by atoms with Gasteiger partial charge < -0.3 is 24.1 Å². The van der Waals surface area contributed by atoms with Gasteiger partial charge in [0.1, 0.15) is 19.0 Å². The second-order valence-electron chi connectivity index (χ2n) is 11.1. The SMILES string of the molecule is CCCCCOc1ccc(C2/C(=C(\O)c3ccc4c(c3)OCCO4)C(=O)C(=O)N2c2nnc(SCc3ccc(Cl)cc3Cl)s2)cc1OCC. The third-order valence-electron chi connectivity index (χ3n) is 7.82. The molecule has 6 rings (SSSR count). The van der Waals surface area contributed by atoms with Crippen LogP contribution in [0.4, 0.5) is 5.13 Å². The first-order valence-electron chi connectivity index (χ1n) is 15.8. The smallest absolute Gasteiger partial charge is 0.301 e. The first-order valence-corrected chi connectivity index (χ1v) is 18.4. The van der Waals surface area contributed by atoms with Gasteiger partial charge in [0.2, 0.25) is 5.13 Å². The van der Waals surface area contributed by atoms with Crippen LogP contribution >= 0.6 is 46.3 Å². The molecular weight excluding hydrogens is 709 g/mol. The van der Waals surface area contributed by atoms with Crippen molar-refractivity contribution < 1.29 is 33.6 Å². The number of amides is 1. The number of aliphatic hydroxyl groups is 1. The van der Waals surface area contributed by atoms with Crippen LogP contribution in [0, 0.1) is 0 Å². The van der Waals surface area contributed by atoms with Crippen LogP contribution < -0.4 is 23.8 Å². The van der Waals surface area contributed by atoms with E-state index in [2.05, 4.69) is 17.1 Å². The van der Waals surface area contributed by atoms with Gasteiger partial charge in [-0.2, -0.15) is 0 Å². The zero-order chi connectivity index (χ0) is 34.5. The molecule has 3 aromatic carbocycles. The zero-order valence-electron chi connectivity index (χ0n) is 26.7. The molecule has 0 aliphatic carbocycles. The summed E-state index contributed by atoms with van der Waals surface area (Å²) in [6.45, 7) is 5.61. The number of ketones is 1. The lowest BCUT2D eigenvalue weighted by Gasteiger charge is -2.24. The molecular formula is C35H33Cl2N3O7S2. The summed E-state index contributed by atoms with van der Waals surface area (Å²) in [4.78, 5) is 29.0. The molecule has 49 heavy (non-hydrogen) atoms. The van der Waals surface area contributed by atoms with E-state index in [0.717, 1.165) is 36.2 Å². The number of aliphatic hydroxyl groups excluding tert-OH is 1. The summed E-state index contributed by atoms with van der Waals surface area (Å²) in [6.07, 6.45) is 2.98. The van der Waals surface area contributed by atoms with Crippen LogP contribution in [0.2, 0.25) is 10.0 Å². The topological polar surface area (TPSA) is 120 Å². The van der Waals surface area contributed by atoms with Crippen LogP contribution in [0.3, 0.4) is 0 Å². The number of ether oxygens (including phenoxy) is 4. The number of halogens is 2. The number of rotatable bonds is 13. The molecule has 256 valence electrons. The van der Waals surface area contributed by atoms with E-state index in [1.165, 1.54) is 16.7 Å². The molecule has 1 atom stereocenters. The fourth-order valence-corrected chi connectivity index (χ4v) is 7.87. The summed E-state index contributed by atoms with van der Waals surface area (Å²) in [6, 6.07) is 14.3. The lowest BCUT2D eigenvalue weighted by molar-refractivity contribution is -0.132. The van der Waals surface area contributed by atoms with Gasteiger partial charge in [-0.05, 0) is 66.9 Å². The van der Waals surface area contributed by atoms with Gasteiger partial charge in [-0.25, -0.2) is 0 Å². The van der Waals surface area contributed by atoms with Crippen molar-refractivity contribution in [3.8, 4) is 23.0 Å². The Kier molecular flexibility index (Phi) is 11.2. The third kappa shape index (κ3) is 7.62. The number of Topliss-reactive ketones (excluding diaryl/α,β-unsaturated/α-hetero) is 1. The highest BCUT2D eigenvalue weighted by Gasteiger charge is 2.48. The Morgan fingerprint density at radius 1 is 0.980 bits per heavy atom. The van der Waals surface area contributed by atoms with Gasteiger partial charge in [-0.3, -0.25) is 14.5 Å². The minimum Gasteiger partial charge on any atom is -0.507 e. The molecule has 1 fully saturated rings. The summed E-state index contributed by atoms with van der Waals surface area (Å²) in [5.74, 6) is 0.343. The molecule has 10 nitrogen and oxygen atoms in total. The molecule has 2 aliphatic rings. The van der Waals surface area contributed by atoms with Crippen LogP contribution in [-0.4, -0.2) is 53.4 Å². The Morgan fingerprint density at radius 2 is 1.80 bits per heavy atom. The van der Waals surface area contributed by atoms with Crippen molar-refractivity contribution in [1.82, 2.24) is 10.2 Å². The predicted molar refractivity (Wildman–Crippen MR) is 191 cm³/mol. The quantitative estimate of drug-likeness (QED) is 0.0357. The molecule has 2 aliphatic heterocycles. The molecule has 4 aromatic rings. The van der Waals surface area contributed by atoms with Crippen molar-refractivity contribution in [1.29, 1.82) is 0 Å².